The molecule has 1 amide bonds. The van der Waals surface area contributed by atoms with E-state index < -0.39 is 0 Å². The summed E-state index contributed by atoms with van der Waals surface area (Å²) < 4.78 is 20.6. The van der Waals surface area contributed by atoms with Crippen molar-refractivity contribution in [1.82, 2.24) is 5.32 Å². The summed E-state index contributed by atoms with van der Waals surface area (Å²) in [6.07, 6.45) is 2.24. The van der Waals surface area contributed by atoms with Crippen molar-refractivity contribution in [2.24, 2.45) is 5.92 Å². The summed E-state index contributed by atoms with van der Waals surface area (Å²) in [5.41, 5.74) is 0. The van der Waals surface area contributed by atoms with Crippen LogP contribution in [0.15, 0.2) is 0 Å². The predicted molar refractivity (Wildman–Crippen MR) is 81.4 cm³/mol. The minimum Gasteiger partial charge on any atom is -0.382 e. The van der Waals surface area contributed by atoms with Gasteiger partial charge in [-0.1, -0.05) is 13.8 Å². The van der Waals surface area contributed by atoms with Crippen LogP contribution in [-0.4, -0.2) is 65.8 Å². The van der Waals surface area contributed by atoms with Gasteiger partial charge in [-0.2, -0.15) is 0 Å². The Balaban J connectivity index is 3.16. The SMILES string of the molecule is COCCOCCOCC(=O)NCCOCCCC(C)C. The number of hydrogen-bond acceptors (Lipinski definition) is 5. The highest BCUT2D eigenvalue weighted by atomic mass is 16.5. The monoisotopic (exact) mass is 305 g/mol. The van der Waals surface area contributed by atoms with E-state index in [0.29, 0.717) is 45.5 Å². The molecule has 0 spiro atoms. The highest BCUT2D eigenvalue weighted by Gasteiger charge is 2.00. The zero-order chi connectivity index (χ0) is 15.8. The van der Waals surface area contributed by atoms with E-state index >= 15 is 0 Å². The second-order valence-corrected chi connectivity index (χ2v) is 5.16. The summed E-state index contributed by atoms with van der Waals surface area (Å²) in [5, 5.41) is 2.74. The predicted octanol–water partition coefficient (Wildman–Crippen LogP) is 1.24. The number of rotatable bonds is 15. The summed E-state index contributed by atoms with van der Waals surface area (Å²) in [4.78, 5) is 11.4. The first-order chi connectivity index (χ1) is 10.2. The van der Waals surface area contributed by atoms with Gasteiger partial charge in [0.15, 0.2) is 0 Å². The van der Waals surface area contributed by atoms with Crippen LogP contribution in [0.5, 0.6) is 0 Å². The summed E-state index contributed by atoms with van der Waals surface area (Å²) in [5.74, 6) is 0.585. The van der Waals surface area contributed by atoms with Crippen LogP contribution in [0.4, 0.5) is 0 Å². The molecular weight excluding hydrogens is 274 g/mol. The summed E-state index contributed by atoms with van der Waals surface area (Å²) >= 11 is 0. The Kier molecular flexibility index (Phi) is 15.2. The minimum atomic E-state index is -0.127. The third-order valence-corrected chi connectivity index (χ3v) is 2.68. The Morgan fingerprint density at radius 2 is 1.62 bits per heavy atom. The normalized spacial score (nSPS) is 11.0. The van der Waals surface area contributed by atoms with E-state index in [1.165, 1.54) is 6.42 Å². The van der Waals surface area contributed by atoms with Gasteiger partial charge in [-0.05, 0) is 18.8 Å². The lowest BCUT2D eigenvalue weighted by Crippen LogP contribution is -2.31. The molecule has 0 fully saturated rings. The molecule has 0 aromatic carbocycles. The van der Waals surface area contributed by atoms with Gasteiger partial charge in [0.1, 0.15) is 6.61 Å². The van der Waals surface area contributed by atoms with E-state index in [4.69, 9.17) is 18.9 Å². The van der Waals surface area contributed by atoms with Gasteiger partial charge in [-0.25, -0.2) is 0 Å². The van der Waals surface area contributed by atoms with Gasteiger partial charge < -0.3 is 24.3 Å². The smallest absolute Gasteiger partial charge is 0.246 e. The van der Waals surface area contributed by atoms with Crippen molar-refractivity contribution >= 4 is 5.91 Å². The van der Waals surface area contributed by atoms with Crippen LogP contribution in [0.1, 0.15) is 26.7 Å². The molecule has 0 aliphatic rings. The Morgan fingerprint density at radius 3 is 2.33 bits per heavy atom. The molecule has 0 aliphatic carbocycles. The number of carbonyl (C=O) groups is 1. The molecule has 0 unspecified atom stereocenters. The molecule has 0 aliphatic heterocycles. The number of carbonyl (C=O) groups excluding carboxylic acids is 1. The highest BCUT2D eigenvalue weighted by Crippen LogP contribution is 2.02. The number of hydrogen-bond donors (Lipinski definition) is 1. The molecule has 21 heavy (non-hydrogen) atoms. The van der Waals surface area contributed by atoms with Crippen LogP contribution in [-0.2, 0) is 23.7 Å². The maximum Gasteiger partial charge on any atom is 0.246 e. The quantitative estimate of drug-likeness (QED) is 0.461. The average Bonchev–Trinajstić information content (AvgIpc) is 2.45. The Morgan fingerprint density at radius 1 is 0.952 bits per heavy atom. The van der Waals surface area contributed by atoms with Crippen molar-refractivity contribution in [3.63, 3.8) is 0 Å². The van der Waals surface area contributed by atoms with E-state index in [0.717, 1.165) is 13.0 Å². The molecule has 0 saturated heterocycles. The highest BCUT2D eigenvalue weighted by molar-refractivity contribution is 5.77. The third kappa shape index (κ3) is 17.3. The van der Waals surface area contributed by atoms with Crippen LogP contribution in [0.3, 0.4) is 0 Å². The lowest BCUT2D eigenvalue weighted by molar-refractivity contribution is -0.126. The number of amides is 1. The fourth-order valence-electron chi connectivity index (χ4n) is 1.54. The van der Waals surface area contributed by atoms with E-state index in [9.17, 15) is 4.79 Å². The van der Waals surface area contributed by atoms with Gasteiger partial charge in [0.05, 0.1) is 33.0 Å². The van der Waals surface area contributed by atoms with Crippen LogP contribution in [0.25, 0.3) is 0 Å². The Labute approximate surface area is 128 Å². The molecule has 0 rings (SSSR count). The number of ether oxygens (including phenoxy) is 4. The van der Waals surface area contributed by atoms with Gasteiger partial charge in [0.2, 0.25) is 5.91 Å². The van der Waals surface area contributed by atoms with Gasteiger partial charge in [-0.3, -0.25) is 4.79 Å². The second-order valence-electron chi connectivity index (χ2n) is 5.16. The maximum atomic E-state index is 11.4. The Hall–Kier alpha value is -0.690. The van der Waals surface area contributed by atoms with Gasteiger partial charge >= 0.3 is 0 Å². The zero-order valence-corrected chi connectivity index (χ0v) is 13.7. The zero-order valence-electron chi connectivity index (χ0n) is 13.7. The fraction of sp³-hybridized carbons (Fsp3) is 0.933. The molecule has 0 aromatic rings. The maximum absolute atomic E-state index is 11.4. The summed E-state index contributed by atoms with van der Waals surface area (Å²) in [6.45, 7) is 8.25. The van der Waals surface area contributed by atoms with Crippen LogP contribution < -0.4 is 5.32 Å². The molecule has 0 heterocycles. The van der Waals surface area contributed by atoms with Gasteiger partial charge in [-0.15, -0.1) is 0 Å². The van der Waals surface area contributed by atoms with Crippen LogP contribution >= 0.6 is 0 Å². The van der Waals surface area contributed by atoms with Gasteiger partial charge in [0.25, 0.3) is 0 Å². The van der Waals surface area contributed by atoms with Crippen molar-refractivity contribution in [3.8, 4) is 0 Å². The largest absolute Gasteiger partial charge is 0.382 e. The lowest BCUT2D eigenvalue weighted by atomic mass is 10.1. The molecule has 0 atom stereocenters. The van der Waals surface area contributed by atoms with E-state index in [1.54, 1.807) is 7.11 Å². The lowest BCUT2D eigenvalue weighted by Gasteiger charge is -2.08. The topological polar surface area (TPSA) is 66.0 Å². The first-order valence-corrected chi connectivity index (χ1v) is 7.65. The molecule has 126 valence electrons. The molecule has 0 aromatic heterocycles. The van der Waals surface area contributed by atoms with Crippen molar-refractivity contribution in [1.29, 1.82) is 0 Å². The number of methoxy groups -OCH3 is 1. The molecule has 1 N–H and O–H groups in total. The molecule has 6 nitrogen and oxygen atoms in total. The van der Waals surface area contributed by atoms with E-state index in [2.05, 4.69) is 19.2 Å². The van der Waals surface area contributed by atoms with E-state index in [1.807, 2.05) is 0 Å². The summed E-state index contributed by atoms with van der Waals surface area (Å²) in [7, 11) is 1.62. The molecule has 0 radical (unpaired) electrons. The molecule has 6 heteroatoms. The van der Waals surface area contributed by atoms with Crippen molar-refractivity contribution in [2.45, 2.75) is 26.7 Å². The average molecular weight is 305 g/mol. The molecular formula is C15H31NO5. The van der Waals surface area contributed by atoms with Crippen molar-refractivity contribution < 1.29 is 23.7 Å². The molecule has 0 saturated carbocycles. The van der Waals surface area contributed by atoms with Gasteiger partial charge in [0, 0.05) is 20.3 Å². The summed E-state index contributed by atoms with van der Waals surface area (Å²) in [6, 6.07) is 0. The van der Waals surface area contributed by atoms with E-state index in [-0.39, 0.29) is 12.5 Å². The fourth-order valence-corrected chi connectivity index (χ4v) is 1.54. The van der Waals surface area contributed by atoms with Crippen molar-refractivity contribution in [3.05, 3.63) is 0 Å². The first-order valence-electron chi connectivity index (χ1n) is 7.65. The Bertz CT molecular complexity index is 236. The van der Waals surface area contributed by atoms with Crippen molar-refractivity contribution in [2.75, 3.05) is 59.9 Å². The van der Waals surface area contributed by atoms with Crippen LogP contribution in [0.2, 0.25) is 0 Å². The molecule has 0 bridgehead atoms. The third-order valence-electron chi connectivity index (χ3n) is 2.68. The first kappa shape index (κ1) is 20.3. The standard InChI is InChI=1S/C15H31NO5/c1-14(2)5-4-7-19-8-6-16-15(17)13-21-12-11-20-10-9-18-3/h14H,4-13H2,1-3H3,(H,16,17). The number of nitrogens with one attached hydrogen (secondary N) is 1. The van der Waals surface area contributed by atoms with Crippen LogP contribution in [0, 0.1) is 5.92 Å². The second kappa shape index (κ2) is 15.7. The minimum absolute atomic E-state index is 0.0565.